The van der Waals surface area contributed by atoms with Crippen LogP contribution in [0.4, 0.5) is 0 Å². The van der Waals surface area contributed by atoms with E-state index >= 15 is 0 Å². The van der Waals surface area contributed by atoms with Gasteiger partial charge in [-0.25, -0.2) is 4.79 Å². The number of methoxy groups -OCH3 is 1. The van der Waals surface area contributed by atoms with Crippen molar-refractivity contribution >= 4 is 17.6 Å². The summed E-state index contributed by atoms with van der Waals surface area (Å²) in [5, 5.41) is 13.9. The molecule has 0 aliphatic rings. The van der Waals surface area contributed by atoms with Crippen LogP contribution in [0, 0.1) is 0 Å². The van der Waals surface area contributed by atoms with Gasteiger partial charge in [0.1, 0.15) is 0 Å². The molecule has 0 saturated heterocycles. The highest BCUT2D eigenvalue weighted by atomic mass is 35.5. The van der Waals surface area contributed by atoms with Gasteiger partial charge in [0, 0.05) is 6.04 Å². The van der Waals surface area contributed by atoms with Gasteiger partial charge in [-0.3, -0.25) is 4.68 Å². The Hall–Kier alpha value is -1.07. The summed E-state index contributed by atoms with van der Waals surface area (Å²) < 4.78 is 5.93. The van der Waals surface area contributed by atoms with Crippen LogP contribution >= 0.6 is 11.6 Å². The largest absolute Gasteiger partial charge is 0.467 e. The summed E-state index contributed by atoms with van der Waals surface area (Å²) in [7, 11) is 1.20. The average molecular weight is 233 g/mol. The number of carbonyl (C=O) groups excluding carboxylic acids is 1. The molecule has 1 heterocycles. The molecule has 0 aromatic carbocycles. The number of aliphatic hydroxyl groups excluding tert-OH is 1. The van der Waals surface area contributed by atoms with E-state index in [1.54, 1.807) is 0 Å². The Kier molecular flexibility index (Phi) is 3.71. The van der Waals surface area contributed by atoms with Gasteiger partial charge in [0.2, 0.25) is 0 Å². The average Bonchev–Trinajstić information content (AvgIpc) is 2.58. The molecular formula is C9H13ClN2O3. The van der Waals surface area contributed by atoms with Crippen LogP contribution in [0.15, 0.2) is 6.20 Å². The second kappa shape index (κ2) is 4.63. The van der Waals surface area contributed by atoms with Gasteiger partial charge in [0.05, 0.1) is 24.0 Å². The van der Waals surface area contributed by atoms with E-state index in [9.17, 15) is 9.90 Å². The number of esters is 1. The minimum absolute atomic E-state index is 0.00630. The number of halogens is 1. The zero-order valence-corrected chi connectivity index (χ0v) is 9.52. The van der Waals surface area contributed by atoms with E-state index < -0.39 is 12.1 Å². The van der Waals surface area contributed by atoms with Crippen LogP contribution in [0.2, 0.25) is 5.02 Å². The fraction of sp³-hybridized carbons (Fsp3) is 0.556. The first-order valence-electron chi connectivity index (χ1n) is 4.47. The molecule has 15 heavy (non-hydrogen) atoms. The maximum Gasteiger partial charge on any atom is 0.341 e. The third kappa shape index (κ3) is 2.30. The van der Waals surface area contributed by atoms with Crippen molar-refractivity contribution in [2.75, 3.05) is 7.11 Å². The maximum atomic E-state index is 11.2. The van der Waals surface area contributed by atoms with E-state index in [0.717, 1.165) is 0 Å². The van der Waals surface area contributed by atoms with Gasteiger partial charge >= 0.3 is 5.97 Å². The molecule has 1 N–H and O–H groups in total. The van der Waals surface area contributed by atoms with Crippen molar-refractivity contribution in [2.24, 2.45) is 0 Å². The van der Waals surface area contributed by atoms with Crippen molar-refractivity contribution in [3.05, 3.63) is 16.9 Å². The van der Waals surface area contributed by atoms with E-state index in [4.69, 9.17) is 11.6 Å². The highest BCUT2D eigenvalue weighted by molar-refractivity contribution is 6.31. The third-order valence-electron chi connectivity index (χ3n) is 1.96. The topological polar surface area (TPSA) is 64.3 Å². The molecule has 6 heteroatoms. The monoisotopic (exact) mass is 232 g/mol. The fourth-order valence-corrected chi connectivity index (χ4v) is 1.47. The van der Waals surface area contributed by atoms with Gasteiger partial charge in [-0.15, -0.1) is 0 Å². The zero-order valence-electron chi connectivity index (χ0n) is 8.77. The lowest BCUT2D eigenvalue weighted by molar-refractivity contribution is -0.151. The van der Waals surface area contributed by atoms with Gasteiger partial charge in [-0.05, 0) is 13.8 Å². The first-order chi connectivity index (χ1) is 6.99. The molecule has 1 atom stereocenters. The van der Waals surface area contributed by atoms with Crippen LogP contribution in [-0.2, 0) is 9.53 Å². The summed E-state index contributed by atoms with van der Waals surface area (Å²) in [5.74, 6) is -0.751. The molecule has 1 aromatic rings. The minimum atomic E-state index is -1.40. The van der Waals surface area contributed by atoms with Crippen molar-refractivity contribution in [3.63, 3.8) is 0 Å². The van der Waals surface area contributed by atoms with Gasteiger partial charge in [0.25, 0.3) is 0 Å². The Morgan fingerprint density at radius 1 is 1.67 bits per heavy atom. The van der Waals surface area contributed by atoms with Gasteiger partial charge in [-0.1, -0.05) is 11.6 Å². The third-order valence-corrected chi connectivity index (χ3v) is 2.25. The van der Waals surface area contributed by atoms with Crippen LogP contribution < -0.4 is 0 Å². The smallest absolute Gasteiger partial charge is 0.341 e. The highest BCUT2D eigenvalue weighted by Gasteiger charge is 2.26. The highest BCUT2D eigenvalue weighted by Crippen LogP contribution is 2.25. The van der Waals surface area contributed by atoms with E-state index in [1.807, 2.05) is 13.8 Å². The Labute approximate surface area is 92.6 Å². The molecule has 1 aromatic heterocycles. The summed E-state index contributed by atoms with van der Waals surface area (Å²) in [5.41, 5.74) is 0.263. The predicted molar refractivity (Wildman–Crippen MR) is 54.6 cm³/mol. The SMILES string of the molecule is COC(=O)C(O)c1c(Cl)cnn1C(C)C. The standard InChI is InChI=1S/C9H13ClN2O3/c1-5(2)12-7(6(10)4-11-12)8(13)9(14)15-3/h4-5,8,13H,1-3H3. The van der Waals surface area contributed by atoms with E-state index in [-0.39, 0.29) is 16.8 Å². The molecule has 0 radical (unpaired) electrons. The minimum Gasteiger partial charge on any atom is -0.467 e. The molecule has 0 aliphatic heterocycles. The number of ether oxygens (including phenoxy) is 1. The normalized spacial score (nSPS) is 12.9. The van der Waals surface area contributed by atoms with E-state index in [2.05, 4.69) is 9.84 Å². The van der Waals surface area contributed by atoms with Crippen molar-refractivity contribution < 1.29 is 14.6 Å². The molecule has 1 unspecified atom stereocenters. The lowest BCUT2D eigenvalue weighted by atomic mass is 10.2. The molecule has 0 spiro atoms. The Morgan fingerprint density at radius 3 is 2.73 bits per heavy atom. The molecule has 1 rings (SSSR count). The fourth-order valence-electron chi connectivity index (χ4n) is 1.24. The lowest BCUT2D eigenvalue weighted by Crippen LogP contribution is -2.19. The maximum absolute atomic E-state index is 11.2. The van der Waals surface area contributed by atoms with Crippen LogP contribution in [-0.4, -0.2) is 28.0 Å². The van der Waals surface area contributed by atoms with Crippen LogP contribution in [0.5, 0.6) is 0 Å². The molecule has 0 saturated carbocycles. The molecule has 0 fully saturated rings. The number of hydrogen-bond acceptors (Lipinski definition) is 4. The first-order valence-corrected chi connectivity index (χ1v) is 4.85. The van der Waals surface area contributed by atoms with Crippen molar-refractivity contribution in [1.29, 1.82) is 0 Å². The molecule has 5 nitrogen and oxygen atoms in total. The number of aromatic nitrogens is 2. The zero-order chi connectivity index (χ0) is 11.6. The Bertz CT molecular complexity index is 362. The second-order valence-corrected chi connectivity index (χ2v) is 3.75. The van der Waals surface area contributed by atoms with Gasteiger partial charge < -0.3 is 9.84 Å². The first kappa shape index (κ1) is 12.0. The molecule has 0 bridgehead atoms. The molecular weight excluding hydrogens is 220 g/mol. The van der Waals surface area contributed by atoms with Crippen molar-refractivity contribution in [1.82, 2.24) is 9.78 Å². The summed E-state index contributed by atoms with van der Waals surface area (Å²) in [6.07, 6.45) is -0.00401. The van der Waals surface area contributed by atoms with Crippen LogP contribution in [0.25, 0.3) is 0 Å². The summed E-state index contributed by atoms with van der Waals surface area (Å²) in [6.45, 7) is 3.74. The molecule has 0 amide bonds. The molecule has 84 valence electrons. The van der Waals surface area contributed by atoms with Gasteiger partial charge in [-0.2, -0.15) is 5.10 Å². The number of hydrogen-bond donors (Lipinski definition) is 1. The van der Waals surface area contributed by atoms with E-state index in [1.165, 1.54) is 18.0 Å². The quantitative estimate of drug-likeness (QED) is 0.799. The number of nitrogens with zero attached hydrogens (tertiary/aromatic N) is 2. The van der Waals surface area contributed by atoms with Gasteiger partial charge in [0.15, 0.2) is 6.10 Å². The summed E-state index contributed by atoms with van der Waals surface area (Å²) in [6, 6.07) is 0.00630. The van der Waals surface area contributed by atoms with Crippen molar-refractivity contribution in [3.8, 4) is 0 Å². The lowest BCUT2D eigenvalue weighted by Gasteiger charge is -2.14. The van der Waals surface area contributed by atoms with Crippen LogP contribution in [0.3, 0.4) is 0 Å². The van der Waals surface area contributed by atoms with Crippen molar-refractivity contribution in [2.45, 2.75) is 26.0 Å². The van der Waals surface area contributed by atoms with Crippen LogP contribution in [0.1, 0.15) is 31.7 Å². The Morgan fingerprint density at radius 2 is 2.27 bits per heavy atom. The predicted octanol–water partition coefficient (Wildman–Crippen LogP) is 1.32. The number of rotatable bonds is 3. The number of carbonyl (C=O) groups is 1. The summed E-state index contributed by atoms with van der Waals surface area (Å²) in [4.78, 5) is 11.2. The number of aliphatic hydroxyl groups is 1. The Balaban J connectivity index is 3.11. The molecule has 0 aliphatic carbocycles. The summed E-state index contributed by atoms with van der Waals surface area (Å²) >= 11 is 5.83. The second-order valence-electron chi connectivity index (χ2n) is 3.34. The van der Waals surface area contributed by atoms with E-state index in [0.29, 0.717) is 0 Å².